The smallest absolute Gasteiger partial charge is 0.404 e. The summed E-state index contributed by atoms with van der Waals surface area (Å²) in [6.07, 6.45) is -1.48. The molecule has 0 radical (unpaired) electrons. The molecule has 6 nitrogen and oxygen atoms in total. The van der Waals surface area contributed by atoms with Crippen LogP contribution in [0.2, 0.25) is 0 Å². The van der Waals surface area contributed by atoms with E-state index < -0.39 is 12.2 Å². The number of hydrogen-bond donors (Lipinski definition) is 4. The molecule has 6 heteroatoms. The van der Waals surface area contributed by atoms with Crippen molar-refractivity contribution in [2.75, 3.05) is 19.0 Å². The number of aliphatic hydroxyl groups excluding tert-OH is 1. The lowest BCUT2D eigenvalue weighted by atomic mass is 10.1. The molecule has 2 rings (SSSR count). The average molecular weight is 330 g/mol. The van der Waals surface area contributed by atoms with Crippen molar-refractivity contribution < 1.29 is 19.7 Å². The lowest BCUT2D eigenvalue weighted by Crippen LogP contribution is -2.23. The number of hydrogen-bond acceptors (Lipinski definition) is 4. The molecule has 0 aromatic heterocycles. The minimum absolute atomic E-state index is 0.204. The first-order valence-corrected chi connectivity index (χ1v) is 7.70. The molecule has 4 N–H and O–H groups in total. The first-order chi connectivity index (χ1) is 11.6. The molecule has 1 amide bonds. The quantitative estimate of drug-likeness (QED) is 0.597. The lowest BCUT2D eigenvalue weighted by Gasteiger charge is -2.14. The number of aliphatic hydroxyl groups is 1. The van der Waals surface area contributed by atoms with Gasteiger partial charge in [0, 0.05) is 24.3 Å². The Hall–Kier alpha value is -2.73. The minimum atomic E-state index is -1.09. The highest BCUT2D eigenvalue weighted by molar-refractivity contribution is 5.64. The van der Waals surface area contributed by atoms with E-state index in [0.29, 0.717) is 13.0 Å². The van der Waals surface area contributed by atoms with Gasteiger partial charge in [-0.1, -0.05) is 30.3 Å². The van der Waals surface area contributed by atoms with Gasteiger partial charge in [-0.2, -0.15) is 0 Å². The maximum atomic E-state index is 10.4. The zero-order valence-electron chi connectivity index (χ0n) is 13.5. The summed E-state index contributed by atoms with van der Waals surface area (Å²) >= 11 is 0. The molecule has 2 aromatic carbocycles. The Morgan fingerprint density at radius 3 is 2.75 bits per heavy atom. The fraction of sp³-hybridized carbons (Fsp3) is 0.278. The molecule has 0 aliphatic heterocycles. The summed E-state index contributed by atoms with van der Waals surface area (Å²) in [5.41, 5.74) is 2.66. The van der Waals surface area contributed by atoms with Crippen molar-refractivity contribution in [1.82, 2.24) is 5.32 Å². The van der Waals surface area contributed by atoms with Crippen molar-refractivity contribution in [1.29, 1.82) is 0 Å². The summed E-state index contributed by atoms with van der Waals surface area (Å²) in [6, 6.07) is 15.2. The first-order valence-electron chi connectivity index (χ1n) is 7.70. The molecule has 0 saturated heterocycles. The monoisotopic (exact) mass is 330 g/mol. The molecule has 24 heavy (non-hydrogen) atoms. The molecule has 0 saturated carbocycles. The zero-order chi connectivity index (χ0) is 17.4. The Labute approximate surface area is 141 Å². The van der Waals surface area contributed by atoms with Crippen LogP contribution in [0.3, 0.4) is 0 Å². The van der Waals surface area contributed by atoms with E-state index in [1.165, 1.54) is 0 Å². The first kappa shape index (κ1) is 17.6. The maximum Gasteiger partial charge on any atom is 0.404 e. The largest absolute Gasteiger partial charge is 0.496 e. The molecular weight excluding hydrogens is 308 g/mol. The summed E-state index contributed by atoms with van der Waals surface area (Å²) in [5, 5.41) is 24.2. The van der Waals surface area contributed by atoms with Crippen LogP contribution in [-0.2, 0) is 6.54 Å². The van der Waals surface area contributed by atoms with Gasteiger partial charge < -0.3 is 25.6 Å². The summed E-state index contributed by atoms with van der Waals surface area (Å²) < 4.78 is 5.32. The second kappa shape index (κ2) is 8.79. The van der Waals surface area contributed by atoms with Gasteiger partial charge in [0.25, 0.3) is 0 Å². The van der Waals surface area contributed by atoms with Gasteiger partial charge in [0.2, 0.25) is 0 Å². The van der Waals surface area contributed by atoms with Crippen molar-refractivity contribution >= 4 is 11.8 Å². The molecular formula is C18H22N2O4. The predicted molar refractivity (Wildman–Crippen MR) is 92.4 cm³/mol. The highest BCUT2D eigenvalue weighted by Crippen LogP contribution is 2.22. The van der Waals surface area contributed by atoms with Gasteiger partial charge in [-0.3, -0.25) is 0 Å². The van der Waals surface area contributed by atoms with Crippen molar-refractivity contribution in [2.24, 2.45) is 0 Å². The van der Waals surface area contributed by atoms with Crippen LogP contribution in [0.15, 0.2) is 48.5 Å². The SMILES string of the molecule is COc1ccccc1CNc1cccc(C(O)CCNC(=O)O)c1. The highest BCUT2D eigenvalue weighted by atomic mass is 16.5. The van der Waals surface area contributed by atoms with Crippen molar-refractivity contribution in [3.05, 3.63) is 59.7 Å². The molecule has 2 aromatic rings. The third-order valence-corrected chi connectivity index (χ3v) is 3.64. The standard InChI is InChI=1S/C18H22N2O4/c1-24-17-8-3-2-5-14(17)12-20-15-7-4-6-13(11-15)16(21)9-10-19-18(22)23/h2-8,11,16,19-21H,9-10,12H2,1H3,(H,22,23). The zero-order valence-corrected chi connectivity index (χ0v) is 13.5. The molecule has 0 aliphatic carbocycles. The third-order valence-electron chi connectivity index (χ3n) is 3.64. The number of benzene rings is 2. The van der Waals surface area contributed by atoms with Gasteiger partial charge in [-0.05, 0) is 30.2 Å². The van der Waals surface area contributed by atoms with E-state index in [-0.39, 0.29) is 6.54 Å². The Kier molecular flexibility index (Phi) is 6.45. The molecule has 0 fully saturated rings. The third kappa shape index (κ3) is 5.17. The lowest BCUT2D eigenvalue weighted by molar-refractivity contribution is 0.162. The van der Waals surface area contributed by atoms with E-state index in [1.807, 2.05) is 48.5 Å². The van der Waals surface area contributed by atoms with Crippen LogP contribution in [0.1, 0.15) is 23.7 Å². The van der Waals surface area contributed by atoms with Crippen molar-refractivity contribution in [3.8, 4) is 5.75 Å². The maximum absolute atomic E-state index is 10.4. The summed E-state index contributed by atoms with van der Waals surface area (Å²) in [5.74, 6) is 0.820. The van der Waals surface area contributed by atoms with E-state index in [2.05, 4.69) is 10.6 Å². The molecule has 1 unspecified atom stereocenters. The molecule has 0 bridgehead atoms. The highest BCUT2D eigenvalue weighted by Gasteiger charge is 2.09. The second-order valence-corrected chi connectivity index (χ2v) is 5.33. The van der Waals surface area contributed by atoms with Gasteiger partial charge in [0.1, 0.15) is 5.75 Å². The fourth-order valence-corrected chi connectivity index (χ4v) is 2.38. The van der Waals surface area contributed by atoms with Gasteiger partial charge in [-0.25, -0.2) is 4.79 Å². The number of ether oxygens (including phenoxy) is 1. The Bertz CT molecular complexity index is 676. The summed E-state index contributed by atoms with van der Waals surface area (Å²) in [7, 11) is 1.64. The number of carboxylic acid groups (broad SMARTS) is 1. The van der Waals surface area contributed by atoms with Crippen LogP contribution in [0, 0.1) is 0 Å². The van der Waals surface area contributed by atoms with Crippen molar-refractivity contribution in [2.45, 2.75) is 19.1 Å². The van der Waals surface area contributed by atoms with Crippen LogP contribution in [-0.4, -0.2) is 30.0 Å². The van der Waals surface area contributed by atoms with Crippen LogP contribution < -0.4 is 15.4 Å². The van der Waals surface area contributed by atoms with E-state index in [0.717, 1.165) is 22.6 Å². The van der Waals surface area contributed by atoms with Gasteiger partial charge in [0.15, 0.2) is 0 Å². The van der Waals surface area contributed by atoms with Crippen LogP contribution >= 0.6 is 0 Å². The van der Waals surface area contributed by atoms with Crippen molar-refractivity contribution in [3.63, 3.8) is 0 Å². The number of amides is 1. The molecule has 0 aliphatic rings. The normalized spacial score (nSPS) is 11.6. The molecule has 1 atom stereocenters. The average Bonchev–Trinajstić information content (AvgIpc) is 2.60. The van der Waals surface area contributed by atoms with E-state index >= 15 is 0 Å². The summed E-state index contributed by atoms with van der Waals surface area (Å²) in [6.45, 7) is 0.805. The van der Waals surface area contributed by atoms with Gasteiger partial charge in [0.05, 0.1) is 13.2 Å². The van der Waals surface area contributed by atoms with E-state index in [1.54, 1.807) is 7.11 Å². The topological polar surface area (TPSA) is 90.8 Å². The van der Waals surface area contributed by atoms with E-state index in [9.17, 15) is 9.90 Å². The minimum Gasteiger partial charge on any atom is -0.496 e. The molecule has 0 spiro atoms. The number of carbonyl (C=O) groups is 1. The fourth-order valence-electron chi connectivity index (χ4n) is 2.38. The number of anilines is 1. The van der Waals surface area contributed by atoms with Crippen LogP contribution in [0.4, 0.5) is 10.5 Å². The van der Waals surface area contributed by atoms with Crippen LogP contribution in [0.5, 0.6) is 5.75 Å². The number of rotatable bonds is 8. The Morgan fingerprint density at radius 1 is 1.21 bits per heavy atom. The Balaban J connectivity index is 1.96. The van der Waals surface area contributed by atoms with Crippen LogP contribution in [0.25, 0.3) is 0 Å². The van der Waals surface area contributed by atoms with Gasteiger partial charge >= 0.3 is 6.09 Å². The van der Waals surface area contributed by atoms with Gasteiger partial charge in [-0.15, -0.1) is 0 Å². The Morgan fingerprint density at radius 2 is 2.00 bits per heavy atom. The number of para-hydroxylation sites is 1. The molecule has 128 valence electrons. The number of nitrogens with one attached hydrogen (secondary N) is 2. The second-order valence-electron chi connectivity index (χ2n) is 5.33. The number of methoxy groups -OCH3 is 1. The molecule has 0 heterocycles. The van der Waals surface area contributed by atoms with E-state index in [4.69, 9.17) is 9.84 Å². The predicted octanol–water partition coefficient (Wildman–Crippen LogP) is 3.00. The summed E-state index contributed by atoms with van der Waals surface area (Å²) in [4.78, 5) is 10.4.